The van der Waals surface area contributed by atoms with Gasteiger partial charge in [-0.1, -0.05) is 15.9 Å². The zero-order valence-corrected chi connectivity index (χ0v) is 8.59. The van der Waals surface area contributed by atoms with E-state index in [1.165, 1.54) is 6.07 Å². The molecule has 8 heteroatoms. The van der Waals surface area contributed by atoms with E-state index >= 15 is 0 Å². The molecule has 0 amide bonds. The van der Waals surface area contributed by atoms with E-state index in [2.05, 4.69) is 15.9 Å². The van der Waals surface area contributed by atoms with E-state index < -0.39 is 26.8 Å². The molecule has 1 aromatic rings. The fraction of sp³-hybridized carbons (Fsp3) is 0. The quantitative estimate of drug-likeness (QED) is 0.604. The minimum absolute atomic E-state index is 0.180. The van der Waals surface area contributed by atoms with Gasteiger partial charge >= 0.3 is 0 Å². The number of rotatable bonds is 2. The molecule has 0 heterocycles. The van der Waals surface area contributed by atoms with Gasteiger partial charge in [-0.15, -0.1) is 0 Å². The Morgan fingerprint density at radius 3 is 1.87 bits per heavy atom. The van der Waals surface area contributed by atoms with Crippen LogP contribution in [0.25, 0.3) is 0 Å². The molecule has 0 N–H and O–H groups in total. The number of nitro groups is 2. The molecule has 0 spiro atoms. The Balaban J connectivity index is 3.62. The molecule has 0 bridgehead atoms. The molecule has 1 rings (SSSR count). The van der Waals surface area contributed by atoms with Gasteiger partial charge in [0.05, 0.1) is 9.85 Å². The Kier molecular flexibility index (Phi) is 2.96. The summed E-state index contributed by atoms with van der Waals surface area (Å²) in [6.07, 6.45) is 0. The molecule has 0 aliphatic heterocycles. The number of halogens is 1. The maximum Gasteiger partial charge on any atom is 0.295 e. The Morgan fingerprint density at radius 1 is 1.20 bits per heavy atom. The van der Waals surface area contributed by atoms with Crippen LogP contribution in [0, 0.1) is 31.6 Å². The van der Waals surface area contributed by atoms with E-state index in [1.807, 2.05) is 0 Å². The van der Waals surface area contributed by atoms with Crippen LogP contribution < -0.4 is 0 Å². The average Bonchev–Trinajstić information content (AvgIpc) is 2.16. The van der Waals surface area contributed by atoms with Crippen LogP contribution in [-0.4, -0.2) is 9.85 Å². The number of nitrogens with zero attached hydrogens (tertiary/aromatic N) is 3. The molecule has 0 unspecified atom stereocenters. The van der Waals surface area contributed by atoms with Gasteiger partial charge in [-0.3, -0.25) is 20.2 Å². The van der Waals surface area contributed by atoms with Gasteiger partial charge < -0.3 is 0 Å². The van der Waals surface area contributed by atoms with Crippen molar-refractivity contribution in [3.05, 3.63) is 42.4 Å². The van der Waals surface area contributed by atoms with Gasteiger partial charge in [0.25, 0.3) is 11.4 Å². The van der Waals surface area contributed by atoms with Crippen molar-refractivity contribution in [2.24, 2.45) is 0 Å². The molecule has 0 aliphatic rings. The molecule has 0 saturated carbocycles. The second-order valence-electron chi connectivity index (χ2n) is 2.45. The highest BCUT2D eigenvalue weighted by Crippen LogP contribution is 2.31. The van der Waals surface area contributed by atoms with Gasteiger partial charge in [-0.05, 0) is 0 Å². The summed E-state index contributed by atoms with van der Waals surface area (Å²) < 4.78 is 0.180. The largest absolute Gasteiger partial charge is 0.295 e. The molecule has 0 aromatic heterocycles. The summed E-state index contributed by atoms with van der Waals surface area (Å²) in [5.41, 5.74) is -1.72. The molecule has 0 saturated heterocycles. The maximum atomic E-state index is 10.5. The Bertz CT molecular complexity index is 458. The SMILES string of the molecule is N#Cc1c([N+](=O)[O-])cc(Br)cc1[N+](=O)[O-]. The van der Waals surface area contributed by atoms with Crippen LogP contribution >= 0.6 is 15.9 Å². The third kappa shape index (κ3) is 2.08. The molecule has 0 atom stereocenters. The van der Waals surface area contributed by atoms with Crippen molar-refractivity contribution in [2.45, 2.75) is 0 Å². The minimum atomic E-state index is -0.837. The summed E-state index contributed by atoms with van der Waals surface area (Å²) in [6, 6.07) is 3.54. The van der Waals surface area contributed by atoms with Gasteiger partial charge in [0.2, 0.25) is 5.56 Å². The number of benzene rings is 1. The number of nitriles is 1. The highest BCUT2D eigenvalue weighted by atomic mass is 79.9. The lowest BCUT2D eigenvalue weighted by Crippen LogP contribution is -1.98. The van der Waals surface area contributed by atoms with Gasteiger partial charge in [-0.2, -0.15) is 5.26 Å². The summed E-state index contributed by atoms with van der Waals surface area (Å²) in [6.45, 7) is 0. The van der Waals surface area contributed by atoms with Gasteiger partial charge in [0.1, 0.15) is 6.07 Å². The molecule has 0 radical (unpaired) electrons. The fourth-order valence-electron chi connectivity index (χ4n) is 0.981. The maximum absolute atomic E-state index is 10.5. The summed E-state index contributed by atoms with van der Waals surface area (Å²) in [5, 5.41) is 29.7. The van der Waals surface area contributed by atoms with E-state index in [1.54, 1.807) is 0 Å². The predicted octanol–water partition coefficient (Wildman–Crippen LogP) is 2.14. The smallest absolute Gasteiger partial charge is 0.258 e. The Morgan fingerprint density at radius 2 is 1.60 bits per heavy atom. The lowest BCUT2D eigenvalue weighted by atomic mass is 10.1. The van der Waals surface area contributed by atoms with E-state index in [0.717, 1.165) is 12.1 Å². The standard InChI is InChI=1S/C7H2BrN3O4/c8-4-1-6(10(12)13)5(3-9)7(2-4)11(14)15/h1-2H. The van der Waals surface area contributed by atoms with E-state index in [4.69, 9.17) is 5.26 Å². The topological polar surface area (TPSA) is 110 Å². The zero-order chi connectivity index (χ0) is 11.6. The van der Waals surface area contributed by atoms with Gasteiger partial charge in [-0.25, -0.2) is 0 Å². The van der Waals surface area contributed by atoms with E-state index in [9.17, 15) is 20.2 Å². The van der Waals surface area contributed by atoms with Crippen molar-refractivity contribution in [3.63, 3.8) is 0 Å². The monoisotopic (exact) mass is 271 g/mol. The Hall–Kier alpha value is -2.01. The molecule has 15 heavy (non-hydrogen) atoms. The second kappa shape index (κ2) is 4.02. The molecule has 1 aromatic carbocycles. The first-order valence-electron chi connectivity index (χ1n) is 3.49. The summed E-state index contributed by atoms with van der Waals surface area (Å²) >= 11 is 2.89. The molecule has 0 aliphatic carbocycles. The highest BCUT2D eigenvalue weighted by Gasteiger charge is 2.25. The Labute approximate surface area is 91.4 Å². The van der Waals surface area contributed by atoms with Crippen molar-refractivity contribution < 1.29 is 9.85 Å². The van der Waals surface area contributed by atoms with Crippen LogP contribution in [0.3, 0.4) is 0 Å². The van der Waals surface area contributed by atoms with Crippen LogP contribution in [0.1, 0.15) is 5.56 Å². The van der Waals surface area contributed by atoms with Crippen LogP contribution in [0.15, 0.2) is 16.6 Å². The lowest BCUT2D eigenvalue weighted by Gasteiger charge is -1.97. The summed E-state index contributed by atoms with van der Waals surface area (Å²) in [5.74, 6) is 0. The summed E-state index contributed by atoms with van der Waals surface area (Å²) in [4.78, 5) is 19.4. The number of nitro benzene ring substituents is 2. The molecule has 76 valence electrons. The summed E-state index contributed by atoms with van der Waals surface area (Å²) in [7, 11) is 0. The van der Waals surface area contributed by atoms with E-state index in [0.29, 0.717) is 0 Å². The number of hydrogen-bond acceptors (Lipinski definition) is 5. The third-order valence-electron chi connectivity index (χ3n) is 1.57. The lowest BCUT2D eigenvalue weighted by molar-refractivity contribution is -0.394. The van der Waals surface area contributed by atoms with Crippen LogP contribution in [0.2, 0.25) is 0 Å². The molecular formula is C7H2BrN3O4. The van der Waals surface area contributed by atoms with Gasteiger partial charge in [0, 0.05) is 16.6 Å². The molecule has 7 nitrogen and oxygen atoms in total. The third-order valence-corrected chi connectivity index (χ3v) is 2.02. The minimum Gasteiger partial charge on any atom is -0.258 e. The van der Waals surface area contributed by atoms with Gasteiger partial charge in [0.15, 0.2) is 0 Å². The van der Waals surface area contributed by atoms with Crippen molar-refractivity contribution in [2.75, 3.05) is 0 Å². The molecular weight excluding hydrogens is 270 g/mol. The normalized spacial score (nSPS) is 9.33. The van der Waals surface area contributed by atoms with Crippen molar-refractivity contribution in [3.8, 4) is 6.07 Å². The van der Waals surface area contributed by atoms with Crippen molar-refractivity contribution in [1.82, 2.24) is 0 Å². The predicted molar refractivity (Wildman–Crippen MR) is 52.2 cm³/mol. The first kappa shape index (κ1) is 11.1. The molecule has 0 fully saturated rings. The van der Waals surface area contributed by atoms with Crippen molar-refractivity contribution >= 4 is 27.3 Å². The second-order valence-corrected chi connectivity index (χ2v) is 3.36. The van der Waals surface area contributed by atoms with Crippen LogP contribution in [0.4, 0.5) is 11.4 Å². The first-order valence-corrected chi connectivity index (χ1v) is 4.29. The number of hydrogen-bond donors (Lipinski definition) is 0. The van der Waals surface area contributed by atoms with Crippen LogP contribution in [-0.2, 0) is 0 Å². The first-order chi connectivity index (χ1) is 6.97. The van der Waals surface area contributed by atoms with E-state index in [-0.39, 0.29) is 4.47 Å². The fourth-order valence-corrected chi connectivity index (χ4v) is 1.41. The zero-order valence-electron chi connectivity index (χ0n) is 7.01. The van der Waals surface area contributed by atoms with Crippen molar-refractivity contribution in [1.29, 1.82) is 5.26 Å². The average molecular weight is 272 g/mol. The highest BCUT2D eigenvalue weighted by molar-refractivity contribution is 9.10. The van der Waals surface area contributed by atoms with Crippen LogP contribution in [0.5, 0.6) is 0 Å².